The fourth-order valence-electron chi connectivity index (χ4n) is 3.78. The van der Waals surface area contributed by atoms with Gasteiger partial charge in [-0.25, -0.2) is 0 Å². The van der Waals surface area contributed by atoms with E-state index in [0.717, 1.165) is 21.8 Å². The molecule has 0 radical (unpaired) electrons. The lowest BCUT2D eigenvalue weighted by atomic mass is 10.1. The minimum absolute atomic E-state index is 0.314. The molecular formula is C24H22N2O5. The van der Waals surface area contributed by atoms with E-state index in [1.807, 2.05) is 37.4 Å². The molecular weight excluding hydrogens is 396 g/mol. The van der Waals surface area contributed by atoms with Crippen LogP contribution < -0.4 is 19.5 Å². The molecule has 0 spiro atoms. The van der Waals surface area contributed by atoms with E-state index in [2.05, 4.69) is 9.88 Å². The third kappa shape index (κ3) is 3.44. The van der Waals surface area contributed by atoms with Gasteiger partial charge in [0.1, 0.15) is 0 Å². The summed E-state index contributed by atoms with van der Waals surface area (Å²) in [5, 5.41) is 4.57. The van der Waals surface area contributed by atoms with E-state index in [-0.39, 0.29) is 0 Å². The van der Waals surface area contributed by atoms with E-state index in [4.69, 9.17) is 14.2 Å². The maximum absolute atomic E-state index is 12.9. The number of aromatic nitrogens is 1. The van der Waals surface area contributed by atoms with E-state index >= 15 is 0 Å². The Bertz CT molecular complexity index is 1300. The van der Waals surface area contributed by atoms with Crippen LogP contribution in [-0.4, -0.2) is 37.6 Å². The van der Waals surface area contributed by atoms with E-state index in [9.17, 15) is 9.59 Å². The van der Waals surface area contributed by atoms with Crippen molar-refractivity contribution in [3.05, 3.63) is 60.2 Å². The molecule has 1 amide bonds. The Morgan fingerprint density at radius 1 is 0.806 bits per heavy atom. The van der Waals surface area contributed by atoms with Crippen molar-refractivity contribution in [1.82, 2.24) is 4.57 Å². The van der Waals surface area contributed by atoms with Gasteiger partial charge in [-0.2, -0.15) is 0 Å². The Balaban J connectivity index is 1.66. The molecule has 0 aliphatic heterocycles. The first-order chi connectivity index (χ1) is 15.0. The number of aryl methyl sites for hydroxylation is 1. The van der Waals surface area contributed by atoms with Crippen LogP contribution in [0.25, 0.3) is 21.8 Å². The number of para-hydroxylation sites is 1. The second-order valence-corrected chi connectivity index (χ2v) is 7.01. The average molecular weight is 418 g/mol. The van der Waals surface area contributed by atoms with Gasteiger partial charge in [-0.15, -0.1) is 0 Å². The van der Waals surface area contributed by atoms with Gasteiger partial charge >= 0.3 is 0 Å². The average Bonchev–Trinajstić information content (AvgIpc) is 3.09. The van der Waals surface area contributed by atoms with Crippen molar-refractivity contribution in [3.63, 3.8) is 0 Å². The summed E-state index contributed by atoms with van der Waals surface area (Å²) < 4.78 is 17.9. The molecule has 1 aromatic heterocycles. The van der Waals surface area contributed by atoms with Gasteiger partial charge in [0.25, 0.3) is 11.7 Å². The maximum atomic E-state index is 12.9. The molecule has 158 valence electrons. The number of rotatable bonds is 6. The zero-order chi connectivity index (χ0) is 22.1. The molecule has 0 atom stereocenters. The van der Waals surface area contributed by atoms with E-state index in [0.29, 0.717) is 28.5 Å². The number of hydrogen-bond donors (Lipinski definition) is 1. The number of benzene rings is 3. The first kappa shape index (κ1) is 20.3. The van der Waals surface area contributed by atoms with Gasteiger partial charge in [-0.05, 0) is 24.3 Å². The van der Waals surface area contributed by atoms with Gasteiger partial charge in [0.2, 0.25) is 5.75 Å². The number of carbonyl (C=O) groups is 2. The summed E-state index contributed by atoms with van der Waals surface area (Å²) in [6.45, 7) is 0. The lowest BCUT2D eigenvalue weighted by Gasteiger charge is -2.14. The van der Waals surface area contributed by atoms with Crippen LogP contribution in [0.1, 0.15) is 10.4 Å². The van der Waals surface area contributed by atoms with Crippen molar-refractivity contribution in [2.75, 3.05) is 26.6 Å². The number of carbonyl (C=O) groups excluding carboxylic acids is 2. The highest BCUT2D eigenvalue weighted by atomic mass is 16.5. The van der Waals surface area contributed by atoms with Crippen LogP contribution in [0, 0.1) is 0 Å². The number of nitrogens with zero attached hydrogens (tertiary/aromatic N) is 1. The highest BCUT2D eigenvalue weighted by molar-refractivity contribution is 6.46. The Morgan fingerprint density at radius 3 is 2.10 bits per heavy atom. The summed E-state index contributed by atoms with van der Waals surface area (Å²) in [5.41, 5.74) is 2.72. The second kappa shape index (κ2) is 8.02. The minimum Gasteiger partial charge on any atom is -0.493 e. The van der Waals surface area contributed by atoms with Gasteiger partial charge in [0.05, 0.1) is 21.3 Å². The number of methoxy groups -OCH3 is 3. The van der Waals surface area contributed by atoms with Crippen LogP contribution in [0.15, 0.2) is 54.6 Å². The predicted octanol–water partition coefficient (Wildman–Crippen LogP) is 4.18. The van der Waals surface area contributed by atoms with Crippen molar-refractivity contribution in [3.8, 4) is 17.2 Å². The number of Topliss-reactive ketones (excluding diaryl/α,β-unsaturated/α-hetero) is 1. The van der Waals surface area contributed by atoms with Crippen LogP contribution in [0.2, 0.25) is 0 Å². The van der Waals surface area contributed by atoms with Gasteiger partial charge in [0, 0.05) is 52.2 Å². The van der Waals surface area contributed by atoms with Crippen LogP contribution in [0.3, 0.4) is 0 Å². The lowest BCUT2D eigenvalue weighted by molar-refractivity contribution is -0.112. The molecule has 1 heterocycles. The number of ketones is 1. The van der Waals surface area contributed by atoms with Crippen LogP contribution in [0.5, 0.6) is 17.2 Å². The number of ether oxygens (including phenoxy) is 3. The Kier molecular flexibility index (Phi) is 5.25. The zero-order valence-corrected chi connectivity index (χ0v) is 17.7. The highest BCUT2D eigenvalue weighted by Crippen LogP contribution is 2.40. The summed E-state index contributed by atoms with van der Waals surface area (Å²) >= 11 is 0. The molecule has 7 heteroatoms. The molecule has 7 nitrogen and oxygen atoms in total. The van der Waals surface area contributed by atoms with Crippen molar-refractivity contribution < 1.29 is 23.8 Å². The summed E-state index contributed by atoms with van der Waals surface area (Å²) in [6.07, 6.45) is 0. The molecule has 0 saturated carbocycles. The topological polar surface area (TPSA) is 78.8 Å². The third-order valence-electron chi connectivity index (χ3n) is 5.30. The fourth-order valence-corrected chi connectivity index (χ4v) is 3.78. The molecule has 3 aromatic carbocycles. The quantitative estimate of drug-likeness (QED) is 0.375. The molecule has 0 aliphatic carbocycles. The van der Waals surface area contributed by atoms with Gasteiger partial charge in [-0.3, -0.25) is 9.59 Å². The zero-order valence-electron chi connectivity index (χ0n) is 17.7. The molecule has 4 rings (SSSR count). The Morgan fingerprint density at radius 2 is 1.45 bits per heavy atom. The number of hydrogen-bond acceptors (Lipinski definition) is 5. The number of nitrogens with one attached hydrogen (secondary N) is 1. The van der Waals surface area contributed by atoms with Crippen LogP contribution >= 0.6 is 0 Å². The summed E-state index contributed by atoms with van der Waals surface area (Å²) in [6, 6.07) is 16.4. The Labute approximate surface area is 179 Å². The fraction of sp³-hybridized carbons (Fsp3) is 0.167. The predicted molar refractivity (Wildman–Crippen MR) is 119 cm³/mol. The summed E-state index contributed by atoms with van der Waals surface area (Å²) in [4.78, 5) is 25.6. The molecule has 0 fully saturated rings. The molecule has 4 aromatic rings. The van der Waals surface area contributed by atoms with E-state index < -0.39 is 11.7 Å². The summed E-state index contributed by atoms with van der Waals surface area (Å²) in [5.74, 6) is -0.239. The second-order valence-electron chi connectivity index (χ2n) is 7.01. The van der Waals surface area contributed by atoms with E-state index in [1.165, 1.54) is 21.3 Å². The minimum atomic E-state index is -0.756. The lowest BCUT2D eigenvalue weighted by Crippen LogP contribution is -2.23. The summed E-state index contributed by atoms with van der Waals surface area (Å²) in [7, 11) is 6.43. The van der Waals surface area contributed by atoms with Crippen LogP contribution in [0.4, 0.5) is 5.69 Å². The number of fused-ring (bicyclic) bond motifs is 3. The largest absolute Gasteiger partial charge is 0.493 e. The monoisotopic (exact) mass is 418 g/mol. The van der Waals surface area contributed by atoms with Crippen LogP contribution in [-0.2, 0) is 11.8 Å². The third-order valence-corrected chi connectivity index (χ3v) is 5.30. The molecule has 1 N–H and O–H groups in total. The van der Waals surface area contributed by atoms with Gasteiger partial charge in [0.15, 0.2) is 11.5 Å². The van der Waals surface area contributed by atoms with Gasteiger partial charge < -0.3 is 24.1 Å². The highest BCUT2D eigenvalue weighted by Gasteiger charge is 2.20. The molecule has 0 aliphatic rings. The first-order valence-electron chi connectivity index (χ1n) is 9.61. The maximum Gasteiger partial charge on any atom is 0.296 e. The molecule has 0 bridgehead atoms. The standard InChI is InChI=1S/C24H22N2O5/c1-26-18-8-6-5-7-16(18)17-11-14(9-10-19(17)26)22(27)24(28)25-15-12-20(29-2)23(31-4)21(13-15)30-3/h5-13H,1-4H3,(H,25,28). The smallest absolute Gasteiger partial charge is 0.296 e. The van der Waals surface area contributed by atoms with Crippen molar-refractivity contribution in [2.45, 2.75) is 0 Å². The molecule has 0 unspecified atom stereocenters. The SMILES string of the molecule is COc1cc(NC(=O)C(=O)c2ccc3c(c2)c2ccccc2n3C)cc(OC)c1OC. The van der Waals surface area contributed by atoms with Crippen molar-refractivity contribution in [1.29, 1.82) is 0 Å². The first-order valence-corrected chi connectivity index (χ1v) is 9.61. The molecule has 0 saturated heterocycles. The van der Waals surface area contributed by atoms with E-state index in [1.54, 1.807) is 24.3 Å². The normalized spacial score (nSPS) is 10.8. The number of amides is 1. The van der Waals surface area contributed by atoms with Crippen molar-refractivity contribution in [2.24, 2.45) is 7.05 Å². The van der Waals surface area contributed by atoms with Gasteiger partial charge in [-0.1, -0.05) is 18.2 Å². The van der Waals surface area contributed by atoms with Crippen molar-refractivity contribution >= 4 is 39.2 Å². The number of anilines is 1. The Hall–Kier alpha value is -4.00. The molecule has 31 heavy (non-hydrogen) atoms.